The third-order valence-electron chi connectivity index (χ3n) is 14.9. The van der Waals surface area contributed by atoms with Crippen molar-refractivity contribution >= 4 is 84.3 Å². The van der Waals surface area contributed by atoms with Crippen molar-refractivity contribution in [3.63, 3.8) is 0 Å². The molecule has 2 aliphatic rings. The van der Waals surface area contributed by atoms with Crippen molar-refractivity contribution in [2.24, 2.45) is 0 Å². The molecule has 0 saturated carbocycles. The topological polar surface area (TPSA) is 43.2 Å². The number of hydrogen-bond donors (Lipinski definition) is 1. The maximum atomic E-state index is 6.68. The molecule has 1 N–H and O–H groups in total. The summed E-state index contributed by atoms with van der Waals surface area (Å²) in [5.74, 6) is 0.878. The van der Waals surface area contributed by atoms with Crippen LogP contribution in [0.1, 0.15) is 77.6 Å². The fourth-order valence-electron chi connectivity index (χ4n) is 11.3. The first-order chi connectivity index (χ1) is 31.7. The number of nitrogens with zero attached hydrogens (tertiary/aromatic N) is 1. The summed E-state index contributed by atoms with van der Waals surface area (Å²) in [6, 6.07) is 56.2. The summed E-state index contributed by atoms with van der Waals surface area (Å²) in [6.45, 7) is 18.6. The molecule has 4 heterocycles. The molecule has 0 radical (unpaired) electrons. The third-order valence-corrected chi connectivity index (χ3v) is 14.9. The molecule has 0 unspecified atom stereocenters. The predicted octanol–water partition coefficient (Wildman–Crippen LogP) is 15.1. The number of hydrogen-bond acceptors (Lipinski definition) is 3. The van der Waals surface area contributed by atoms with Gasteiger partial charge in [-0.15, -0.1) is 0 Å². The lowest BCUT2D eigenvalue weighted by molar-refractivity contribution is 0.584. The van der Waals surface area contributed by atoms with E-state index in [1.54, 1.807) is 0 Å². The number of aromatic nitrogens is 1. The fourth-order valence-corrected chi connectivity index (χ4v) is 11.3. The lowest BCUT2D eigenvalue weighted by atomic mass is 9.59. The molecule has 11 aromatic rings. The minimum Gasteiger partial charge on any atom is -0.456 e. The molecule has 1 aliphatic carbocycles. The van der Waals surface area contributed by atoms with E-state index < -0.39 is 0 Å². The summed E-state index contributed by atoms with van der Waals surface area (Å²) in [5.41, 5.74) is 22.5. The van der Waals surface area contributed by atoms with E-state index in [1.807, 2.05) is 6.07 Å². The van der Waals surface area contributed by atoms with Crippen LogP contribution < -0.4 is 16.2 Å². The molecule has 4 nitrogen and oxygen atoms in total. The van der Waals surface area contributed by atoms with Gasteiger partial charge in [-0.25, -0.2) is 0 Å². The van der Waals surface area contributed by atoms with Crippen LogP contribution in [0, 0.1) is 0 Å². The van der Waals surface area contributed by atoms with Gasteiger partial charge in [0, 0.05) is 72.1 Å². The van der Waals surface area contributed by atoms with E-state index in [2.05, 4.69) is 211 Å². The SMILES string of the molecule is CC(C)(C)c1ccc(Nc2cc3c(cc2-c2ccc4c5cc6oc7ccccc7c6cc5n5c4c2Bc2cc4cc(-c6ccccc6)oc4cc2-5)C(C)(C)c2cc(C(C)(C)C)ccc2-3)cc1. The predicted molar refractivity (Wildman–Crippen MR) is 280 cm³/mol. The maximum absolute atomic E-state index is 6.68. The summed E-state index contributed by atoms with van der Waals surface area (Å²) >= 11 is 0. The molecular weight excluding hydrogens is 803 g/mol. The molecule has 0 atom stereocenters. The number of rotatable bonds is 4. The normalized spacial score (nSPS) is 14.0. The summed E-state index contributed by atoms with van der Waals surface area (Å²) in [5, 5.41) is 9.75. The van der Waals surface area contributed by atoms with Crippen LogP contribution in [0.4, 0.5) is 11.4 Å². The smallest absolute Gasteiger partial charge is 0.198 e. The molecule has 8 aromatic carbocycles. The molecular formula is C61H51BN2O2. The van der Waals surface area contributed by atoms with E-state index >= 15 is 0 Å². The molecule has 320 valence electrons. The zero-order valence-electron chi connectivity index (χ0n) is 38.9. The number of para-hydroxylation sites is 1. The fraction of sp³-hybridized carbons (Fsp3) is 0.180. The number of furan rings is 2. The van der Waals surface area contributed by atoms with Gasteiger partial charge >= 0.3 is 0 Å². The van der Waals surface area contributed by atoms with Gasteiger partial charge < -0.3 is 18.7 Å². The Morgan fingerprint density at radius 2 is 1.26 bits per heavy atom. The number of benzene rings is 8. The van der Waals surface area contributed by atoms with Crippen LogP contribution in [-0.2, 0) is 16.2 Å². The van der Waals surface area contributed by atoms with Gasteiger partial charge in [0.25, 0.3) is 0 Å². The second kappa shape index (κ2) is 13.4. The lowest BCUT2D eigenvalue weighted by Gasteiger charge is -2.27. The molecule has 0 spiro atoms. The largest absolute Gasteiger partial charge is 0.456 e. The van der Waals surface area contributed by atoms with E-state index in [0.29, 0.717) is 0 Å². The maximum Gasteiger partial charge on any atom is 0.198 e. The van der Waals surface area contributed by atoms with Crippen LogP contribution in [0.2, 0.25) is 0 Å². The first kappa shape index (κ1) is 39.2. The van der Waals surface area contributed by atoms with Gasteiger partial charge in [-0.1, -0.05) is 158 Å². The Morgan fingerprint density at radius 1 is 0.530 bits per heavy atom. The van der Waals surface area contributed by atoms with Crippen LogP contribution in [0.25, 0.3) is 94.0 Å². The molecule has 13 rings (SSSR count). The molecule has 1 aliphatic heterocycles. The highest BCUT2D eigenvalue weighted by Gasteiger charge is 2.38. The summed E-state index contributed by atoms with van der Waals surface area (Å²) in [7, 11) is 0.772. The van der Waals surface area contributed by atoms with Gasteiger partial charge in [0.1, 0.15) is 22.5 Å². The monoisotopic (exact) mass is 854 g/mol. The van der Waals surface area contributed by atoms with Gasteiger partial charge in [-0.3, -0.25) is 0 Å². The van der Waals surface area contributed by atoms with Gasteiger partial charge in [0.2, 0.25) is 0 Å². The van der Waals surface area contributed by atoms with Crippen molar-refractivity contribution in [1.29, 1.82) is 0 Å². The Morgan fingerprint density at radius 3 is 2.05 bits per heavy atom. The van der Waals surface area contributed by atoms with E-state index in [-0.39, 0.29) is 16.2 Å². The zero-order valence-corrected chi connectivity index (χ0v) is 38.9. The van der Waals surface area contributed by atoms with Gasteiger partial charge in [-0.05, 0) is 104 Å². The molecule has 5 heteroatoms. The van der Waals surface area contributed by atoms with Crippen LogP contribution in [0.3, 0.4) is 0 Å². The van der Waals surface area contributed by atoms with Crippen molar-refractivity contribution in [1.82, 2.24) is 4.57 Å². The minimum absolute atomic E-state index is 0.0462. The number of anilines is 2. The standard InChI is InChI=1S/C61H51BN2O2/c1-59(2,3)36-18-21-38(22-19-36)63-50-30-43-39-23-20-37(60(4,5)6)28-47(39)61(7,8)48(43)29-44(50)41-24-25-42-45-32-56-46(40-16-12-13-17-53(40)65-56)31-51(45)64-52-33-55-35(26-49(52)62-57(41)58(42)64)27-54(66-55)34-14-10-9-11-15-34/h9-33,62-63H,1-8H3. The van der Waals surface area contributed by atoms with E-state index in [4.69, 9.17) is 8.83 Å². The van der Waals surface area contributed by atoms with Crippen molar-refractivity contribution in [2.45, 2.75) is 71.6 Å². The average molecular weight is 855 g/mol. The second-order valence-electron chi connectivity index (χ2n) is 21.5. The Balaban J connectivity index is 1.08. The minimum atomic E-state index is -0.198. The number of nitrogens with one attached hydrogen (secondary N) is 1. The summed E-state index contributed by atoms with van der Waals surface area (Å²) in [4.78, 5) is 0. The van der Waals surface area contributed by atoms with E-state index in [1.165, 1.54) is 71.7 Å². The van der Waals surface area contributed by atoms with Crippen LogP contribution >= 0.6 is 0 Å². The molecule has 3 aromatic heterocycles. The van der Waals surface area contributed by atoms with Crippen molar-refractivity contribution < 1.29 is 8.83 Å². The quantitative estimate of drug-likeness (QED) is 0.179. The Labute approximate surface area is 386 Å². The second-order valence-corrected chi connectivity index (χ2v) is 21.5. The molecule has 0 saturated heterocycles. The van der Waals surface area contributed by atoms with Crippen LogP contribution in [-0.4, -0.2) is 11.8 Å². The Kier molecular flexibility index (Phi) is 7.96. The third kappa shape index (κ3) is 5.71. The summed E-state index contributed by atoms with van der Waals surface area (Å²) < 4.78 is 15.7. The Hall–Kier alpha value is -7.24. The van der Waals surface area contributed by atoms with E-state index in [0.717, 1.165) is 74.1 Å². The molecule has 0 amide bonds. The van der Waals surface area contributed by atoms with Gasteiger partial charge in [0.05, 0.1) is 5.52 Å². The van der Waals surface area contributed by atoms with E-state index in [9.17, 15) is 0 Å². The van der Waals surface area contributed by atoms with Crippen molar-refractivity contribution in [2.75, 3.05) is 5.32 Å². The highest BCUT2D eigenvalue weighted by molar-refractivity contribution is 6.73. The lowest BCUT2D eigenvalue weighted by Crippen LogP contribution is -2.37. The molecule has 0 fully saturated rings. The number of fused-ring (bicyclic) bond motifs is 12. The first-order valence-corrected chi connectivity index (χ1v) is 23.4. The highest BCUT2D eigenvalue weighted by Crippen LogP contribution is 2.53. The first-order valence-electron chi connectivity index (χ1n) is 23.4. The summed E-state index contributed by atoms with van der Waals surface area (Å²) in [6.07, 6.45) is 0. The molecule has 66 heavy (non-hydrogen) atoms. The zero-order chi connectivity index (χ0) is 45.0. The van der Waals surface area contributed by atoms with Crippen LogP contribution in [0.15, 0.2) is 160 Å². The van der Waals surface area contributed by atoms with Gasteiger partial charge in [0.15, 0.2) is 7.28 Å². The highest BCUT2D eigenvalue weighted by atomic mass is 16.3. The van der Waals surface area contributed by atoms with Crippen molar-refractivity contribution in [3.8, 4) is 39.3 Å². The Bertz CT molecular complexity index is 3850. The van der Waals surface area contributed by atoms with Crippen LogP contribution in [0.5, 0.6) is 0 Å². The van der Waals surface area contributed by atoms with Crippen molar-refractivity contribution in [3.05, 3.63) is 174 Å². The van der Waals surface area contributed by atoms with Gasteiger partial charge in [-0.2, -0.15) is 0 Å². The average Bonchev–Trinajstić information content (AvgIpc) is 4.03. The molecule has 0 bridgehead atoms.